The van der Waals surface area contributed by atoms with Crippen molar-refractivity contribution in [1.82, 2.24) is 5.32 Å². The van der Waals surface area contributed by atoms with Gasteiger partial charge in [-0.05, 0) is 12.2 Å². The fourth-order valence-electron chi connectivity index (χ4n) is 1.29. The average molecular weight is 146 g/mol. The molecule has 1 N–H and O–H groups in total. The van der Waals surface area contributed by atoms with Gasteiger partial charge in [-0.2, -0.15) is 0 Å². The molecule has 0 spiro atoms. The molecule has 0 aromatic carbocycles. The average Bonchev–Trinajstić information content (AvgIpc) is 2.04. The van der Waals surface area contributed by atoms with Gasteiger partial charge < -0.3 is 5.32 Å². The van der Waals surface area contributed by atoms with E-state index >= 15 is 0 Å². The summed E-state index contributed by atoms with van der Waals surface area (Å²) in [5.41, 5.74) is 2.08. The zero-order chi connectivity index (χ0) is 7.68. The van der Waals surface area contributed by atoms with Crippen LogP contribution in [0, 0.1) is 5.92 Å². The Morgan fingerprint density at radius 1 is 1.64 bits per heavy atom. The quantitative estimate of drug-likeness (QED) is 0.546. The summed E-state index contributed by atoms with van der Waals surface area (Å²) in [4.78, 5) is 4.25. The number of nitrogens with one attached hydrogen (secondary N) is 1. The van der Waals surface area contributed by atoms with Crippen molar-refractivity contribution in [2.24, 2.45) is 10.9 Å². The van der Waals surface area contributed by atoms with Crippen LogP contribution in [0.1, 0.15) is 0 Å². The first-order valence-electron chi connectivity index (χ1n) is 3.71. The fraction of sp³-hybridized carbons (Fsp3) is 0.222. The van der Waals surface area contributed by atoms with Crippen molar-refractivity contribution in [3.8, 4) is 0 Å². The summed E-state index contributed by atoms with van der Waals surface area (Å²) in [5, 5.41) is 3.19. The number of fused-ring (bicyclic) bond motifs is 1. The molecule has 0 bridgehead atoms. The summed E-state index contributed by atoms with van der Waals surface area (Å²) >= 11 is 0. The largest absolute Gasteiger partial charge is 0.384 e. The van der Waals surface area contributed by atoms with E-state index in [9.17, 15) is 0 Å². The van der Waals surface area contributed by atoms with Crippen LogP contribution in [0.25, 0.3) is 0 Å². The number of dihydropyridines is 1. The zero-order valence-electron chi connectivity index (χ0n) is 6.25. The Bertz CT molecular complexity index is 271. The lowest BCUT2D eigenvalue weighted by Crippen LogP contribution is -2.26. The van der Waals surface area contributed by atoms with Crippen molar-refractivity contribution in [3.05, 3.63) is 36.2 Å². The van der Waals surface area contributed by atoms with Crippen molar-refractivity contribution >= 4 is 6.21 Å². The van der Waals surface area contributed by atoms with Gasteiger partial charge in [0.25, 0.3) is 0 Å². The SMILES string of the molecule is C=C1C=C2N=CC=C[C@@H]2CN1. The van der Waals surface area contributed by atoms with Gasteiger partial charge in [-0.25, -0.2) is 0 Å². The summed E-state index contributed by atoms with van der Waals surface area (Å²) < 4.78 is 0. The number of hydrogen-bond acceptors (Lipinski definition) is 2. The van der Waals surface area contributed by atoms with Gasteiger partial charge in [-0.1, -0.05) is 12.7 Å². The molecule has 2 heteroatoms. The van der Waals surface area contributed by atoms with E-state index in [2.05, 4.69) is 23.0 Å². The zero-order valence-corrected chi connectivity index (χ0v) is 6.25. The standard InChI is InChI=1S/C9H10N2/c1-7-5-9-8(6-11-7)3-2-4-10-9/h2-5,8,11H,1,6H2/t8-/m1/s1. The number of hydrogen-bond donors (Lipinski definition) is 1. The molecule has 0 fully saturated rings. The van der Waals surface area contributed by atoms with Gasteiger partial charge >= 0.3 is 0 Å². The lowest BCUT2D eigenvalue weighted by Gasteiger charge is -2.22. The minimum atomic E-state index is 0.450. The lowest BCUT2D eigenvalue weighted by molar-refractivity contribution is 0.647. The Hall–Kier alpha value is -1.31. The van der Waals surface area contributed by atoms with Crippen molar-refractivity contribution in [1.29, 1.82) is 0 Å². The first-order chi connectivity index (χ1) is 5.36. The van der Waals surface area contributed by atoms with E-state index in [1.165, 1.54) is 0 Å². The van der Waals surface area contributed by atoms with Crippen LogP contribution in [0.2, 0.25) is 0 Å². The Labute approximate surface area is 66.0 Å². The van der Waals surface area contributed by atoms with Crippen LogP contribution >= 0.6 is 0 Å². The molecule has 2 heterocycles. The molecule has 0 aromatic heterocycles. The van der Waals surface area contributed by atoms with E-state index in [0.29, 0.717) is 5.92 Å². The molecule has 56 valence electrons. The first kappa shape index (κ1) is 6.40. The summed E-state index contributed by atoms with van der Waals surface area (Å²) in [6, 6.07) is 0. The van der Waals surface area contributed by atoms with E-state index in [4.69, 9.17) is 0 Å². The number of nitrogens with zero attached hydrogens (tertiary/aromatic N) is 1. The molecular weight excluding hydrogens is 136 g/mol. The maximum Gasteiger partial charge on any atom is 0.0510 e. The molecule has 1 atom stereocenters. The van der Waals surface area contributed by atoms with Gasteiger partial charge in [-0.3, -0.25) is 4.99 Å². The highest BCUT2D eigenvalue weighted by Crippen LogP contribution is 2.21. The molecule has 0 amide bonds. The summed E-state index contributed by atoms with van der Waals surface area (Å²) in [6.07, 6.45) is 7.95. The molecule has 0 saturated heterocycles. The molecule has 2 rings (SSSR count). The van der Waals surface area contributed by atoms with E-state index in [-0.39, 0.29) is 0 Å². The van der Waals surface area contributed by atoms with Crippen molar-refractivity contribution in [3.63, 3.8) is 0 Å². The van der Waals surface area contributed by atoms with Crippen molar-refractivity contribution < 1.29 is 0 Å². The highest BCUT2D eigenvalue weighted by atomic mass is 14.9. The molecule has 0 aromatic rings. The minimum absolute atomic E-state index is 0.450. The Balaban J connectivity index is 2.33. The maximum absolute atomic E-state index is 4.25. The molecule has 2 aliphatic rings. The molecule has 0 radical (unpaired) electrons. The van der Waals surface area contributed by atoms with Crippen LogP contribution in [-0.2, 0) is 0 Å². The summed E-state index contributed by atoms with van der Waals surface area (Å²) in [6.45, 7) is 4.75. The molecule has 2 nitrogen and oxygen atoms in total. The predicted octanol–water partition coefficient (Wildman–Crippen LogP) is 1.24. The molecule has 0 saturated carbocycles. The Kier molecular flexibility index (Phi) is 1.39. The third-order valence-corrected chi connectivity index (χ3v) is 1.90. The molecule has 2 aliphatic heterocycles. The first-order valence-corrected chi connectivity index (χ1v) is 3.71. The van der Waals surface area contributed by atoms with Gasteiger partial charge in [0.05, 0.1) is 5.70 Å². The highest BCUT2D eigenvalue weighted by Gasteiger charge is 2.16. The maximum atomic E-state index is 4.25. The van der Waals surface area contributed by atoms with Crippen LogP contribution < -0.4 is 5.32 Å². The van der Waals surface area contributed by atoms with Gasteiger partial charge in [0.15, 0.2) is 0 Å². The third-order valence-electron chi connectivity index (χ3n) is 1.90. The number of allylic oxidation sites excluding steroid dienone is 2. The Morgan fingerprint density at radius 2 is 2.55 bits per heavy atom. The van der Waals surface area contributed by atoms with Gasteiger partial charge in [0.2, 0.25) is 0 Å². The Morgan fingerprint density at radius 3 is 3.45 bits per heavy atom. The summed E-state index contributed by atoms with van der Waals surface area (Å²) in [7, 11) is 0. The molecule has 11 heavy (non-hydrogen) atoms. The fourth-order valence-corrected chi connectivity index (χ4v) is 1.29. The monoisotopic (exact) mass is 146 g/mol. The third kappa shape index (κ3) is 1.11. The van der Waals surface area contributed by atoms with Crippen LogP contribution in [0.5, 0.6) is 0 Å². The van der Waals surface area contributed by atoms with Gasteiger partial charge in [-0.15, -0.1) is 0 Å². The van der Waals surface area contributed by atoms with Gasteiger partial charge in [0, 0.05) is 24.4 Å². The second-order valence-electron chi connectivity index (χ2n) is 2.74. The number of rotatable bonds is 0. The van der Waals surface area contributed by atoms with Crippen LogP contribution in [0.4, 0.5) is 0 Å². The molecular formula is C9H10N2. The second-order valence-corrected chi connectivity index (χ2v) is 2.74. The normalized spacial score (nSPS) is 27.5. The van der Waals surface area contributed by atoms with Crippen molar-refractivity contribution in [2.75, 3.05) is 6.54 Å². The van der Waals surface area contributed by atoms with E-state index in [1.807, 2.05) is 18.4 Å². The van der Waals surface area contributed by atoms with Gasteiger partial charge in [0.1, 0.15) is 0 Å². The predicted molar refractivity (Wildman–Crippen MR) is 46.3 cm³/mol. The smallest absolute Gasteiger partial charge is 0.0510 e. The van der Waals surface area contributed by atoms with Crippen LogP contribution in [0.15, 0.2) is 41.2 Å². The van der Waals surface area contributed by atoms with Crippen LogP contribution in [0.3, 0.4) is 0 Å². The lowest BCUT2D eigenvalue weighted by atomic mass is 9.99. The highest BCUT2D eigenvalue weighted by molar-refractivity contribution is 5.74. The van der Waals surface area contributed by atoms with Crippen molar-refractivity contribution in [2.45, 2.75) is 0 Å². The second kappa shape index (κ2) is 2.38. The van der Waals surface area contributed by atoms with E-state index < -0.39 is 0 Å². The minimum Gasteiger partial charge on any atom is -0.384 e. The van der Waals surface area contributed by atoms with E-state index in [0.717, 1.165) is 17.9 Å². The molecule has 0 unspecified atom stereocenters. The summed E-state index contributed by atoms with van der Waals surface area (Å²) in [5.74, 6) is 0.450. The topological polar surface area (TPSA) is 24.4 Å². The number of aliphatic imine (C=N–C) groups is 1. The van der Waals surface area contributed by atoms with E-state index in [1.54, 1.807) is 0 Å². The van der Waals surface area contributed by atoms with Crippen LogP contribution in [-0.4, -0.2) is 12.8 Å². The molecule has 0 aliphatic carbocycles.